The van der Waals surface area contributed by atoms with Crippen LogP contribution in [0.5, 0.6) is 0 Å². The third-order valence-corrected chi connectivity index (χ3v) is 3.27. The lowest BCUT2D eigenvalue weighted by atomic mass is 9.92. The molecule has 0 aromatic heterocycles. The van der Waals surface area contributed by atoms with Crippen LogP contribution in [0.3, 0.4) is 0 Å². The van der Waals surface area contributed by atoms with Gasteiger partial charge < -0.3 is 0 Å². The van der Waals surface area contributed by atoms with Crippen LogP contribution in [0.25, 0.3) is 0 Å². The molecular weight excluding hydrogens is 192 g/mol. The van der Waals surface area contributed by atoms with Gasteiger partial charge in [0.05, 0.1) is 0 Å². The maximum Gasteiger partial charge on any atom is 0.0339 e. The van der Waals surface area contributed by atoms with Crippen molar-refractivity contribution in [3.05, 3.63) is 35.4 Å². The number of benzene rings is 1. The standard InChI is InChI=1S/C13H19Cl/c1-4-12(11(3)14)9-13-8-6-5-7-10(13)2/h5-8,11-12H,4,9H2,1-3H3. The predicted octanol–water partition coefficient (Wildman–Crippen LogP) is 4.19. The summed E-state index contributed by atoms with van der Waals surface area (Å²) in [6.07, 6.45) is 2.26. The maximum atomic E-state index is 6.15. The van der Waals surface area contributed by atoms with Gasteiger partial charge in [0.2, 0.25) is 0 Å². The van der Waals surface area contributed by atoms with E-state index in [1.54, 1.807) is 0 Å². The molecule has 0 spiro atoms. The lowest BCUT2D eigenvalue weighted by Crippen LogP contribution is -2.14. The topological polar surface area (TPSA) is 0 Å². The highest BCUT2D eigenvalue weighted by molar-refractivity contribution is 6.20. The van der Waals surface area contributed by atoms with Gasteiger partial charge in [-0.1, -0.05) is 37.6 Å². The zero-order valence-corrected chi connectivity index (χ0v) is 10.0. The Morgan fingerprint density at radius 1 is 1.29 bits per heavy atom. The first-order valence-electron chi connectivity index (χ1n) is 5.33. The molecule has 0 aliphatic rings. The van der Waals surface area contributed by atoms with Gasteiger partial charge in [-0.3, -0.25) is 0 Å². The monoisotopic (exact) mass is 210 g/mol. The summed E-state index contributed by atoms with van der Waals surface area (Å²) in [5, 5.41) is 0.264. The second-order valence-corrected chi connectivity index (χ2v) is 4.66. The van der Waals surface area contributed by atoms with Crippen molar-refractivity contribution in [1.29, 1.82) is 0 Å². The molecule has 1 aromatic carbocycles. The molecule has 78 valence electrons. The molecule has 14 heavy (non-hydrogen) atoms. The summed E-state index contributed by atoms with van der Waals surface area (Å²) in [6.45, 7) is 6.47. The summed E-state index contributed by atoms with van der Waals surface area (Å²) in [6, 6.07) is 8.57. The maximum absolute atomic E-state index is 6.15. The first-order valence-corrected chi connectivity index (χ1v) is 5.77. The van der Waals surface area contributed by atoms with Crippen molar-refractivity contribution in [2.75, 3.05) is 0 Å². The third kappa shape index (κ3) is 3.02. The van der Waals surface area contributed by atoms with E-state index in [9.17, 15) is 0 Å². The van der Waals surface area contributed by atoms with E-state index in [0.29, 0.717) is 5.92 Å². The molecule has 0 heterocycles. The average molecular weight is 211 g/mol. The minimum atomic E-state index is 0.264. The van der Waals surface area contributed by atoms with Crippen LogP contribution in [-0.4, -0.2) is 5.38 Å². The molecule has 0 fully saturated rings. The van der Waals surface area contributed by atoms with Crippen molar-refractivity contribution in [2.24, 2.45) is 5.92 Å². The van der Waals surface area contributed by atoms with Gasteiger partial charge in [-0.15, -0.1) is 11.6 Å². The minimum absolute atomic E-state index is 0.264. The van der Waals surface area contributed by atoms with Gasteiger partial charge in [0.1, 0.15) is 0 Å². The summed E-state index contributed by atoms with van der Waals surface area (Å²) < 4.78 is 0. The number of hydrogen-bond donors (Lipinski definition) is 0. The zero-order chi connectivity index (χ0) is 10.6. The molecule has 0 aliphatic carbocycles. The Hall–Kier alpha value is -0.490. The van der Waals surface area contributed by atoms with Crippen molar-refractivity contribution in [2.45, 2.75) is 39.0 Å². The van der Waals surface area contributed by atoms with Gasteiger partial charge in [-0.25, -0.2) is 0 Å². The van der Waals surface area contributed by atoms with Crippen LogP contribution in [0.1, 0.15) is 31.4 Å². The van der Waals surface area contributed by atoms with Crippen LogP contribution >= 0.6 is 11.6 Å². The van der Waals surface area contributed by atoms with Crippen LogP contribution in [0, 0.1) is 12.8 Å². The van der Waals surface area contributed by atoms with E-state index in [0.717, 1.165) is 12.8 Å². The van der Waals surface area contributed by atoms with Gasteiger partial charge >= 0.3 is 0 Å². The van der Waals surface area contributed by atoms with Gasteiger partial charge in [0.15, 0.2) is 0 Å². The lowest BCUT2D eigenvalue weighted by Gasteiger charge is -2.18. The summed E-state index contributed by atoms with van der Waals surface area (Å²) in [7, 11) is 0. The highest BCUT2D eigenvalue weighted by Gasteiger charge is 2.14. The molecule has 1 heteroatoms. The highest BCUT2D eigenvalue weighted by Crippen LogP contribution is 2.21. The minimum Gasteiger partial charge on any atom is -0.123 e. The Bertz CT molecular complexity index is 278. The number of aryl methyl sites for hydroxylation is 1. The van der Waals surface area contributed by atoms with E-state index >= 15 is 0 Å². The van der Waals surface area contributed by atoms with Gasteiger partial charge in [-0.05, 0) is 37.3 Å². The number of alkyl halides is 1. The SMILES string of the molecule is CCC(Cc1ccccc1C)C(C)Cl. The largest absolute Gasteiger partial charge is 0.123 e. The molecule has 0 nitrogen and oxygen atoms in total. The van der Waals surface area contributed by atoms with Crippen LogP contribution in [0.4, 0.5) is 0 Å². The first kappa shape index (κ1) is 11.6. The summed E-state index contributed by atoms with van der Waals surface area (Å²) in [5.74, 6) is 0.595. The number of halogens is 1. The van der Waals surface area contributed by atoms with Crippen molar-refractivity contribution < 1.29 is 0 Å². The molecule has 0 N–H and O–H groups in total. The van der Waals surface area contributed by atoms with Crippen LogP contribution in [0.2, 0.25) is 0 Å². The van der Waals surface area contributed by atoms with E-state index in [2.05, 4.69) is 45.0 Å². The molecule has 2 atom stereocenters. The normalized spacial score (nSPS) is 15.1. The molecule has 1 aromatic rings. The second-order valence-electron chi connectivity index (χ2n) is 3.98. The molecule has 0 aliphatic heterocycles. The zero-order valence-electron chi connectivity index (χ0n) is 9.26. The Labute approximate surface area is 92.3 Å². The molecular formula is C13H19Cl. The molecule has 1 rings (SSSR count). The molecule has 0 saturated carbocycles. The van der Waals surface area contributed by atoms with E-state index in [1.165, 1.54) is 11.1 Å². The Morgan fingerprint density at radius 3 is 2.43 bits per heavy atom. The van der Waals surface area contributed by atoms with Gasteiger partial charge in [-0.2, -0.15) is 0 Å². The Morgan fingerprint density at radius 2 is 1.93 bits per heavy atom. The van der Waals surface area contributed by atoms with Crippen molar-refractivity contribution in [3.63, 3.8) is 0 Å². The molecule has 0 radical (unpaired) electrons. The smallest absolute Gasteiger partial charge is 0.0339 e. The molecule has 2 unspecified atom stereocenters. The van der Waals surface area contributed by atoms with E-state index in [1.807, 2.05) is 0 Å². The highest BCUT2D eigenvalue weighted by atomic mass is 35.5. The van der Waals surface area contributed by atoms with E-state index in [-0.39, 0.29) is 5.38 Å². The predicted molar refractivity (Wildman–Crippen MR) is 64.0 cm³/mol. The Balaban J connectivity index is 2.72. The quantitative estimate of drug-likeness (QED) is 0.654. The molecule has 0 amide bonds. The molecule has 0 bridgehead atoms. The van der Waals surface area contributed by atoms with Gasteiger partial charge in [0.25, 0.3) is 0 Å². The van der Waals surface area contributed by atoms with Crippen LogP contribution in [0.15, 0.2) is 24.3 Å². The Kier molecular flexibility index (Phi) is 4.47. The lowest BCUT2D eigenvalue weighted by molar-refractivity contribution is 0.496. The van der Waals surface area contributed by atoms with Crippen molar-refractivity contribution in [3.8, 4) is 0 Å². The summed E-state index contributed by atoms with van der Waals surface area (Å²) in [5.41, 5.74) is 2.81. The van der Waals surface area contributed by atoms with Crippen LogP contribution in [-0.2, 0) is 6.42 Å². The molecule has 0 saturated heterocycles. The van der Waals surface area contributed by atoms with Crippen molar-refractivity contribution >= 4 is 11.6 Å². The van der Waals surface area contributed by atoms with Crippen molar-refractivity contribution in [1.82, 2.24) is 0 Å². The summed E-state index contributed by atoms with van der Waals surface area (Å²) in [4.78, 5) is 0. The fourth-order valence-electron chi connectivity index (χ4n) is 1.75. The number of rotatable bonds is 4. The van der Waals surface area contributed by atoms with E-state index in [4.69, 9.17) is 11.6 Å². The fourth-order valence-corrected chi connectivity index (χ4v) is 2.02. The number of hydrogen-bond acceptors (Lipinski definition) is 0. The average Bonchev–Trinajstić information content (AvgIpc) is 2.16. The third-order valence-electron chi connectivity index (χ3n) is 2.92. The summed E-state index contributed by atoms with van der Waals surface area (Å²) >= 11 is 6.15. The second kappa shape index (κ2) is 5.41. The van der Waals surface area contributed by atoms with Gasteiger partial charge in [0, 0.05) is 5.38 Å². The van der Waals surface area contributed by atoms with E-state index < -0.39 is 0 Å². The van der Waals surface area contributed by atoms with Crippen LogP contribution < -0.4 is 0 Å². The fraction of sp³-hybridized carbons (Fsp3) is 0.538. The first-order chi connectivity index (χ1) is 6.65.